The van der Waals surface area contributed by atoms with Crippen LogP contribution in [0.4, 0.5) is 0 Å². The fourth-order valence-corrected chi connectivity index (χ4v) is 3.43. The molecule has 132 valence electrons. The van der Waals surface area contributed by atoms with Gasteiger partial charge in [0.15, 0.2) is 0 Å². The van der Waals surface area contributed by atoms with Gasteiger partial charge in [-0.2, -0.15) is 5.10 Å². The van der Waals surface area contributed by atoms with Crippen LogP contribution in [0.2, 0.25) is 0 Å². The second kappa shape index (κ2) is 6.90. The number of rotatable bonds is 6. The summed E-state index contributed by atoms with van der Waals surface area (Å²) in [6.07, 6.45) is 8.55. The summed E-state index contributed by atoms with van der Waals surface area (Å²) >= 11 is 0. The molecule has 1 saturated carbocycles. The van der Waals surface area contributed by atoms with Crippen molar-refractivity contribution in [1.29, 1.82) is 0 Å². The molecule has 1 amide bonds. The van der Waals surface area contributed by atoms with Gasteiger partial charge in [0.2, 0.25) is 0 Å². The summed E-state index contributed by atoms with van der Waals surface area (Å²) in [7, 11) is 0. The smallest absolute Gasteiger partial charge is 0.254 e. The Hall–Kier alpha value is -2.30. The lowest BCUT2D eigenvalue weighted by molar-refractivity contribution is 0.0721. The van der Waals surface area contributed by atoms with Crippen molar-refractivity contribution in [2.24, 2.45) is 5.92 Å². The molecule has 4 rings (SSSR count). The molecule has 5 heteroatoms. The van der Waals surface area contributed by atoms with Crippen molar-refractivity contribution >= 4 is 5.91 Å². The molecule has 0 spiro atoms. The molecule has 1 aromatic carbocycles. The van der Waals surface area contributed by atoms with Crippen LogP contribution in [-0.4, -0.2) is 39.8 Å². The van der Waals surface area contributed by atoms with Crippen molar-refractivity contribution in [2.45, 2.75) is 45.2 Å². The molecular weight excluding hydrogens is 314 g/mol. The maximum absolute atomic E-state index is 12.9. The van der Waals surface area contributed by atoms with Crippen molar-refractivity contribution in [3.05, 3.63) is 47.8 Å². The Morgan fingerprint density at radius 1 is 1.24 bits per heavy atom. The van der Waals surface area contributed by atoms with Gasteiger partial charge in [-0.05, 0) is 68.4 Å². The van der Waals surface area contributed by atoms with E-state index in [1.807, 2.05) is 53.2 Å². The first-order valence-electron chi connectivity index (χ1n) is 9.22. The molecule has 0 N–H and O–H groups in total. The fourth-order valence-electron chi connectivity index (χ4n) is 3.43. The molecule has 2 heterocycles. The molecule has 2 aromatic rings. The largest absolute Gasteiger partial charge is 0.493 e. The highest BCUT2D eigenvalue weighted by Gasteiger charge is 2.30. The van der Waals surface area contributed by atoms with E-state index in [-0.39, 0.29) is 11.9 Å². The van der Waals surface area contributed by atoms with E-state index in [9.17, 15) is 4.79 Å². The van der Waals surface area contributed by atoms with Gasteiger partial charge in [0.05, 0.1) is 25.4 Å². The molecule has 5 nitrogen and oxygen atoms in total. The minimum Gasteiger partial charge on any atom is -0.493 e. The molecule has 1 saturated heterocycles. The zero-order valence-corrected chi connectivity index (χ0v) is 14.7. The fraction of sp³-hybridized carbons (Fsp3) is 0.500. The van der Waals surface area contributed by atoms with Gasteiger partial charge >= 0.3 is 0 Å². The first-order valence-corrected chi connectivity index (χ1v) is 9.22. The first kappa shape index (κ1) is 16.2. The summed E-state index contributed by atoms with van der Waals surface area (Å²) in [6, 6.07) is 7.82. The molecule has 2 fully saturated rings. The van der Waals surface area contributed by atoms with Crippen LogP contribution in [0.5, 0.6) is 5.75 Å². The summed E-state index contributed by atoms with van der Waals surface area (Å²) in [5, 5.41) is 4.36. The van der Waals surface area contributed by atoms with Gasteiger partial charge in [0, 0.05) is 18.3 Å². The number of amides is 1. The van der Waals surface area contributed by atoms with Gasteiger partial charge in [-0.3, -0.25) is 9.48 Å². The van der Waals surface area contributed by atoms with E-state index in [2.05, 4.69) is 5.10 Å². The number of nitrogens with zero attached hydrogens (tertiary/aromatic N) is 3. The lowest BCUT2D eigenvalue weighted by Gasteiger charge is -2.25. The van der Waals surface area contributed by atoms with Gasteiger partial charge in [-0.1, -0.05) is 0 Å². The molecule has 1 aliphatic heterocycles. The third-order valence-corrected chi connectivity index (χ3v) is 5.08. The number of hydrogen-bond acceptors (Lipinski definition) is 3. The SMILES string of the molecule is Cc1cnn(CC2CCCN2C(=O)c2ccc(OCC3CC3)cc2)c1. The number of benzene rings is 1. The Bertz CT molecular complexity index is 734. The molecule has 0 bridgehead atoms. The van der Waals surface area contributed by atoms with Crippen molar-refractivity contribution < 1.29 is 9.53 Å². The predicted molar refractivity (Wildman–Crippen MR) is 95.7 cm³/mol. The number of likely N-dealkylation sites (tertiary alicyclic amines) is 1. The zero-order chi connectivity index (χ0) is 17.2. The molecule has 1 unspecified atom stereocenters. The Labute approximate surface area is 148 Å². The van der Waals surface area contributed by atoms with Crippen LogP contribution in [-0.2, 0) is 6.54 Å². The molecule has 25 heavy (non-hydrogen) atoms. The first-order chi connectivity index (χ1) is 12.2. The second-order valence-electron chi connectivity index (χ2n) is 7.31. The van der Waals surface area contributed by atoms with Crippen molar-refractivity contribution in [2.75, 3.05) is 13.2 Å². The highest BCUT2D eigenvalue weighted by molar-refractivity contribution is 5.94. The Morgan fingerprint density at radius 2 is 2.04 bits per heavy atom. The van der Waals surface area contributed by atoms with Crippen LogP contribution in [0.25, 0.3) is 0 Å². The van der Waals surface area contributed by atoms with Crippen LogP contribution < -0.4 is 4.74 Å². The molecule has 1 aromatic heterocycles. The molecule has 1 atom stereocenters. The predicted octanol–water partition coefficient (Wildman–Crippen LogP) is 3.29. The monoisotopic (exact) mass is 339 g/mol. The van der Waals surface area contributed by atoms with E-state index < -0.39 is 0 Å². The number of aryl methyl sites for hydroxylation is 1. The Balaban J connectivity index is 1.39. The number of carbonyl (C=O) groups is 1. The van der Waals surface area contributed by atoms with Gasteiger partial charge in [0.25, 0.3) is 5.91 Å². The van der Waals surface area contributed by atoms with Gasteiger partial charge in [-0.25, -0.2) is 0 Å². The van der Waals surface area contributed by atoms with E-state index >= 15 is 0 Å². The normalized spacial score (nSPS) is 20.0. The van der Waals surface area contributed by atoms with Crippen LogP contribution in [0.1, 0.15) is 41.6 Å². The molecule has 1 aliphatic carbocycles. The highest BCUT2D eigenvalue weighted by atomic mass is 16.5. The van der Waals surface area contributed by atoms with Gasteiger partial charge in [0.1, 0.15) is 5.75 Å². The number of aromatic nitrogens is 2. The maximum Gasteiger partial charge on any atom is 0.254 e. The van der Waals surface area contributed by atoms with Crippen molar-refractivity contribution in [3.63, 3.8) is 0 Å². The van der Waals surface area contributed by atoms with Crippen LogP contribution in [0.15, 0.2) is 36.7 Å². The summed E-state index contributed by atoms with van der Waals surface area (Å²) < 4.78 is 7.70. The van der Waals surface area contributed by atoms with E-state index in [1.165, 1.54) is 12.8 Å². The van der Waals surface area contributed by atoms with Crippen molar-refractivity contribution in [3.8, 4) is 5.75 Å². The molecule has 0 radical (unpaired) electrons. The second-order valence-corrected chi connectivity index (χ2v) is 7.31. The lowest BCUT2D eigenvalue weighted by Crippen LogP contribution is -2.38. The Kier molecular flexibility index (Phi) is 4.47. The van der Waals surface area contributed by atoms with Crippen molar-refractivity contribution in [1.82, 2.24) is 14.7 Å². The summed E-state index contributed by atoms with van der Waals surface area (Å²) in [6.45, 7) is 4.42. The standard InChI is InChI=1S/C20H25N3O2/c1-15-11-21-22(12-15)13-18-3-2-10-23(18)20(24)17-6-8-19(9-7-17)25-14-16-4-5-16/h6-9,11-12,16,18H,2-5,10,13-14H2,1H3. The molecular formula is C20H25N3O2. The third kappa shape index (κ3) is 3.86. The Morgan fingerprint density at radius 3 is 2.72 bits per heavy atom. The summed E-state index contributed by atoms with van der Waals surface area (Å²) in [4.78, 5) is 14.9. The van der Waals surface area contributed by atoms with Gasteiger partial charge in [-0.15, -0.1) is 0 Å². The molecule has 2 aliphatic rings. The lowest BCUT2D eigenvalue weighted by atomic mass is 10.1. The summed E-state index contributed by atoms with van der Waals surface area (Å²) in [5.41, 5.74) is 1.89. The van der Waals surface area contributed by atoms with E-state index in [0.717, 1.165) is 55.3 Å². The highest BCUT2D eigenvalue weighted by Crippen LogP contribution is 2.29. The quantitative estimate of drug-likeness (QED) is 0.811. The minimum absolute atomic E-state index is 0.111. The number of hydrogen-bond donors (Lipinski definition) is 0. The third-order valence-electron chi connectivity index (χ3n) is 5.08. The van der Waals surface area contributed by atoms with E-state index in [0.29, 0.717) is 0 Å². The minimum atomic E-state index is 0.111. The van der Waals surface area contributed by atoms with Crippen LogP contribution in [0, 0.1) is 12.8 Å². The summed E-state index contributed by atoms with van der Waals surface area (Å²) in [5.74, 6) is 1.70. The van der Waals surface area contributed by atoms with Gasteiger partial charge < -0.3 is 9.64 Å². The average molecular weight is 339 g/mol. The zero-order valence-electron chi connectivity index (χ0n) is 14.7. The van der Waals surface area contributed by atoms with Crippen LogP contribution in [0.3, 0.4) is 0 Å². The topological polar surface area (TPSA) is 47.4 Å². The number of ether oxygens (including phenoxy) is 1. The van der Waals surface area contributed by atoms with E-state index in [4.69, 9.17) is 4.74 Å². The average Bonchev–Trinajstić information content (AvgIpc) is 3.20. The van der Waals surface area contributed by atoms with Crippen LogP contribution >= 0.6 is 0 Å². The van der Waals surface area contributed by atoms with E-state index in [1.54, 1.807) is 0 Å². The number of carbonyl (C=O) groups excluding carboxylic acids is 1. The maximum atomic E-state index is 12.9.